The number of halogens is 3. The average Bonchev–Trinajstić information content (AvgIpc) is 2.51. The van der Waals surface area contributed by atoms with Gasteiger partial charge in [-0.05, 0) is 14.0 Å². The molecule has 1 N–H and O–H groups in total. The van der Waals surface area contributed by atoms with Gasteiger partial charge in [0.2, 0.25) is 0 Å². The van der Waals surface area contributed by atoms with E-state index in [9.17, 15) is 13.2 Å². The van der Waals surface area contributed by atoms with Crippen LogP contribution in [0.2, 0.25) is 0 Å². The molecule has 1 aromatic heterocycles. The van der Waals surface area contributed by atoms with E-state index < -0.39 is 11.7 Å². The molecule has 0 aliphatic heterocycles. The summed E-state index contributed by atoms with van der Waals surface area (Å²) in [6, 6.07) is 0.0935. The van der Waals surface area contributed by atoms with Crippen LogP contribution in [0, 0.1) is 0 Å². The molecule has 0 bridgehead atoms. The zero-order chi connectivity index (χ0) is 10.8. The van der Waals surface area contributed by atoms with Crippen molar-refractivity contribution in [3.05, 3.63) is 18.0 Å². The van der Waals surface area contributed by atoms with Gasteiger partial charge in [0.05, 0.1) is 18.3 Å². The molecule has 14 heavy (non-hydrogen) atoms. The maximum atomic E-state index is 12.2. The quantitative estimate of drug-likeness (QED) is 0.814. The van der Waals surface area contributed by atoms with E-state index in [1.54, 1.807) is 7.05 Å². The molecule has 1 unspecified atom stereocenters. The second-order valence-corrected chi connectivity index (χ2v) is 3.14. The smallest absolute Gasteiger partial charge is 0.315 e. The van der Waals surface area contributed by atoms with E-state index in [1.807, 2.05) is 6.92 Å². The number of likely N-dealkylation sites (N-methyl/N-ethyl adjacent to an activating group) is 1. The SMILES string of the molecule is CNC(C)Cn1cc(C(F)(F)F)cn1. The lowest BCUT2D eigenvalue weighted by atomic mass is 10.3. The van der Waals surface area contributed by atoms with Crippen LogP contribution in [0.3, 0.4) is 0 Å². The summed E-state index contributed by atoms with van der Waals surface area (Å²) >= 11 is 0. The maximum absolute atomic E-state index is 12.2. The molecule has 1 heterocycles. The summed E-state index contributed by atoms with van der Waals surface area (Å²) in [6.07, 6.45) is -2.46. The highest BCUT2D eigenvalue weighted by atomic mass is 19.4. The first kappa shape index (κ1) is 11.0. The van der Waals surface area contributed by atoms with Crippen molar-refractivity contribution in [3.8, 4) is 0 Å². The van der Waals surface area contributed by atoms with Gasteiger partial charge in [-0.25, -0.2) is 0 Å². The molecule has 3 nitrogen and oxygen atoms in total. The lowest BCUT2D eigenvalue weighted by Gasteiger charge is -2.09. The topological polar surface area (TPSA) is 29.9 Å². The fourth-order valence-electron chi connectivity index (χ4n) is 0.982. The lowest BCUT2D eigenvalue weighted by molar-refractivity contribution is -0.137. The molecule has 0 saturated carbocycles. The molecular weight excluding hydrogens is 195 g/mol. The number of nitrogens with one attached hydrogen (secondary N) is 1. The molecule has 1 atom stereocenters. The molecule has 1 rings (SSSR count). The van der Waals surface area contributed by atoms with Gasteiger partial charge >= 0.3 is 6.18 Å². The van der Waals surface area contributed by atoms with Crippen molar-refractivity contribution in [2.24, 2.45) is 0 Å². The first-order valence-electron chi connectivity index (χ1n) is 4.20. The van der Waals surface area contributed by atoms with Crippen LogP contribution in [0.25, 0.3) is 0 Å². The first-order chi connectivity index (χ1) is 6.43. The van der Waals surface area contributed by atoms with Crippen LogP contribution in [0.15, 0.2) is 12.4 Å². The minimum atomic E-state index is -4.30. The third-order valence-corrected chi connectivity index (χ3v) is 1.91. The molecular formula is C8H12F3N3. The highest BCUT2D eigenvalue weighted by Gasteiger charge is 2.32. The standard InChI is InChI=1S/C8H12F3N3/c1-6(12-2)4-14-5-7(3-13-14)8(9,10)11/h3,5-6,12H,4H2,1-2H3. The van der Waals surface area contributed by atoms with E-state index in [2.05, 4.69) is 10.4 Å². The van der Waals surface area contributed by atoms with Crippen LogP contribution in [0.5, 0.6) is 0 Å². The van der Waals surface area contributed by atoms with Gasteiger partial charge in [-0.15, -0.1) is 0 Å². The Morgan fingerprint density at radius 2 is 2.21 bits per heavy atom. The van der Waals surface area contributed by atoms with Gasteiger partial charge in [0.1, 0.15) is 0 Å². The molecule has 0 radical (unpaired) electrons. The van der Waals surface area contributed by atoms with Gasteiger partial charge in [-0.1, -0.05) is 0 Å². The van der Waals surface area contributed by atoms with Crippen molar-refractivity contribution in [1.29, 1.82) is 0 Å². The third-order valence-electron chi connectivity index (χ3n) is 1.91. The summed E-state index contributed by atoms with van der Waals surface area (Å²) in [5.41, 5.74) is -0.708. The Hall–Kier alpha value is -1.04. The fraction of sp³-hybridized carbons (Fsp3) is 0.625. The second kappa shape index (κ2) is 4.00. The Morgan fingerprint density at radius 1 is 1.57 bits per heavy atom. The van der Waals surface area contributed by atoms with Crippen molar-refractivity contribution in [3.63, 3.8) is 0 Å². The van der Waals surface area contributed by atoms with Gasteiger partial charge in [0, 0.05) is 12.2 Å². The highest BCUT2D eigenvalue weighted by Crippen LogP contribution is 2.28. The molecule has 0 saturated heterocycles. The maximum Gasteiger partial charge on any atom is 0.419 e. The summed E-state index contributed by atoms with van der Waals surface area (Å²) in [5, 5.41) is 6.55. The van der Waals surface area contributed by atoms with E-state index in [0.717, 1.165) is 12.4 Å². The number of hydrogen-bond donors (Lipinski definition) is 1. The third kappa shape index (κ3) is 2.73. The highest BCUT2D eigenvalue weighted by molar-refractivity contribution is 5.08. The molecule has 0 aliphatic rings. The summed E-state index contributed by atoms with van der Waals surface area (Å²) in [4.78, 5) is 0. The average molecular weight is 207 g/mol. The molecule has 0 spiro atoms. The minimum absolute atomic E-state index is 0.0935. The molecule has 1 aromatic rings. The number of alkyl halides is 3. The fourth-order valence-corrected chi connectivity index (χ4v) is 0.982. The first-order valence-corrected chi connectivity index (χ1v) is 4.20. The van der Waals surface area contributed by atoms with E-state index in [-0.39, 0.29) is 6.04 Å². The van der Waals surface area contributed by atoms with Crippen LogP contribution in [0.4, 0.5) is 13.2 Å². The van der Waals surface area contributed by atoms with E-state index in [1.165, 1.54) is 4.68 Å². The summed E-state index contributed by atoms with van der Waals surface area (Å²) in [6.45, 7) is 2.29. The molecule has 80 valence electrons. The molecule has 0 aromatic carbocycles. The predicted molar refractivity (Wildman–Crippen MR) is 45.8 cm³/mol. The normalized spacial score (nSPS) is 14.4. The van der Waals surface area contributed by atoms with Crippen molar-refractivity contribution < 1.29 is 13.2 Å². The monoisotopic (exact) mass is 207 g/mol. The van der Waals surface area contributed by atoms with Crippen molar-refractivity contribution in [2.45, 2.75) is 25.7 Å². The second-order valence-electron chi connectivity index (χ2n) is 3.14. The van der Waals surface area contributed by atoms with Gasteiger partial charge in [0.25, 0.3) is 0 Å². The Kier molecular flexibility index (Phi) is 3.15. The zero-order valence-electron chi connectivity index (χ0n) is 7.97. The summed E-state index contributed by atoms with van der Waals surface area (Å²) in [5.74, 6) is 0. The Labute approximate surface area is 79.9 Å². The zero-order valence-corrected chi connectivity index (χ0v) is 7.97. The lowest BCUT2D eigenvalue weighted by Crippen LogP contribution is -2.26. The van der Waals surface area contributed by atoms with E-state index in [0.29, 0.717) is 6.54 Å². The van der Waals surface area contributed by atoms with Crippen LogP contribution in [-0.4, -0.2) is 22.9 Å². The Bertz CT molecular complexity index is 292. The molecule has 0 amide bonds. The van der Waals surface area contributed by atoms with Gasteiger partial charge in [0.15, 0.2) is 0 Å². The minimum Gasteiger partial charge on any atom is -0.315 e. The number of nitrogens with zero attached hydrogens (tertiary/aromatic N) is 2. The summed E-state index contributed by atoms with van der Waals surface area (Å²) < 4.78 is 37.7. The summed E-state index contributed by atoms with van der Waals surface area (Å²) in [7, 11) is 1.75. The van der Waals surface area contributed by atoms with E-state index >= 15 is 0 Å². The van der Waals surface area contributed by atoms with Crippen LogP contribution < -0.4 is 5.32 Å². The number of aromatic nitrogens is 2. The predicted octanol–water partition coefficient (Wildman–Crippen LogP) is 1.51. The molecule has 6 heteroatoms. The van der Waals surface area contributed by atoms with Gasteiger partial charge in [-0.3, -0.25) is 4.68 Å². The largest absolute Gasteiger partial charge is 0.419 e. The number of hydrogen-bond acceptors (Lipinski definition) is 2. The van der Waals surface area contributed by atoms with Crippen molar-refractivity contribution >= 4 is 0 Å². The Balaban J connectivity index is 2.69. The Morgan fingerprint density at radius 3 is 2.64 bits per heavy atom. The van der Waals surface area contributed by atoms with Gasteiger partial charge < -0.3 is 5.32 Å². The molecule has 0 fully saturated rings. The number of rotatable bonds is 3. The van der Waals surface area contributed by atoms with Crippen LogP contribution >= 0.6 is 0 Å². The van der Waals surface area contributed by atoms with E-state index in [4.69, 9.17) is 0 Å². The van der Waals surface area contributed by atoms with Crippen molar-refractivity contribution in [2.75, 3.05) is 7.05 Å². The molecule has 0 aliphatic carbocycles. The van der Waals surface area contributed by atoms with Crippen LogP contribution in [0.1, 0.15) is 12.5 Å². The van der Waals surface area contributed by atoms with Crippen molar-refractivity contribution in [1.82, 2.24) is 15.1 Å². The van der Waals surface area contributed by atoms with Gasteiger partial charge in [-0.2, -0.15) is 18.3 Å². The van der Waals surface area contributed by atoms with Crippen LogP contribution in [-0.2, 0) is 12.7 Å².